The summed E-state index contributed by atoms with van der Waals surface area (Å²) in [5.74, 6) is -0.718. The third kappa shape index (κ3) is 4.71. The molecule has 0 unspecified atom stereocenters. The Hall–Kier alpha value is -2.99. The Balaban J connectivity index is 0.000000755. The summed E-state index contributed by atoms with van der Waals surface area (Å²) in [4.78, 5) is 39.1. The van der Waals surface area contributed by atoms with Gasteiger partial charge >= 0.3 is 0 Å². The topological polar surface area (TPSA) is 172 Å². The van der Waals surface area contributed by atoms with Crippen LogP contribution in [0.4, 0.5) is 5.13 Å². The van der Waals surface area contributed by atoms with Gasteiger partial charge in [-0.3, -0.25) is 14.4 Å². The van der Waals surface area contributed by atoms with Gasteiger partial charge in [0, 0.05) is 29.8 Å². The monoisotopic (exact) mass is 423 g/mol. The zero-order valence-corrected chi connectivity index (χ0v) is 16.2. The first-order valence-corrected chi connectivity index (χ1v) is 9.79. The lowest BCUT2D eigenvalue weighted by Gasteiger charge is -2.28. The molecule has 5 N–H and O–H groups in total. The molecule has 11 nitrogen and oxygen atoms in total. The van der Waals surface area contributed by atoms with Crippen LogP contribution in [0.1, 0.15) is 34.6 Å². The average molecular weight is 423 g/mol. The lowest BCUT2D eigenvalue weighted by Crippen LogP contribution is -2.41. The molecule has 0 saturated heterocycles. The molecular formula is C17H21N5O6S. The van der Waals surface area contributed by atoms with Crippen LogP contribution in [-0.4, -0.2) is 62.2 Å². The van der Waals surface area contributed by atoms with Crippen LogP contribution < -0.4 is 11.1 Å². The summed E-state index contributed by atoms with van der Waals surface area (Å²) in [5.41, 5.74) is 7.59. The van der Waals surface area contributed by atoms with E-state index in [4.69, 9.17) is 20.2 Å². The third-order valence-corrected chi connectivity index (χ3v) is 5.64. The van der Waals surface area contributed by atoms with Gasteiger partial charge in [-0.05, 0) is 12.8 Å². The molecule has 2 aromatic heterocycles. The zero-order valence-electron chi connectivity index (χ0n) is 15.4. The van der Waals surface area contributed by atoms with Gasteiger partial charge in [0.05, 0.1) is 24.4 Å². The van der Waals surface area contributed by atoms with E-state index in [1.54, 1.807) is 16.5 Å². The van der Waals surface area contributed by atoms with Gasteiger partial charge in [-0.2, -0.15) is 0 Å². The van der Waals surface area contributed by atoms with Crippen LogP contribution in [0.2, 0.25) is 0 Å². The fourth-order valence-corrected chi connectivity index (χ4v) is 4.14. The molecule has 0 bridgehead atoms. The highest BCUT2D eigenvalue weighted by molar-refractivity contribution is 7.13. The third-order valence-electron chi connectivity index (χ3n) is 4.97. The van der Waals surface area contributed by atoms with Crippen LogP contribution in [0.25, 0.3) is 0 Å². The van der Waals surface area contributed by atoms with E-state index in [2.05, 4.69) is 15.5 Å². The molecule has 156 valence electrons. The lowest BCUT2D eigenvalue weighted by atomic mass is 10.0. The van der Waals surface area contributed by atoms with Gasteiger partial charge in [-0.1, -0.05) is 5.16 Å². The van der Waals surface area contributed by atoms with Gasteiger partial charge < -0.3 is 30.7 Å². The number of nitrogen functional groups attached to an aromatic ring is 1. The van der Waals surface area contributed by atoms with Crippen LogP contribution in [0.3, 0.4) is 0 Å². The van der Waals surface area contributed by atoms with Gasteiger partial charge in [-0.25, -0.2) is 4.98 Å². The minimum absolute atomic E-state index is 0.00875. The summed E-state index contributed by atoms with van der Waals surface area (Å²) in [6.45, 7) is 0.805. The molecule has 0 aromatic carbocycles. The largest absolute Gasteiger partial charge is 0.483 e. The Bertz CT molecular complexity index is 883. The summed E-state index contributed by atoms with van der Waals surface area (Å²) >= 11 is 1.18. The number of nitrogens with one attached hydrogen (secondary N) is 1. The van der Waals surface area contributed by atoms with Crippen molar-refractivity contribution in [3.8, 4) is 0 Å². The predicted octanol–water partition coefficient (Wildman–Crippen LogP) is -0.132. The van der Waals surface area contributed by atoms with Crippen LogP contribution >= 0.6 is 11.3 Å². The first-order chi connectivity index (χ1) is 13.9. The number of fused-ring (bicyclic) bond motifs is 1. The maximum Gasteiger partial charge on any atom is 0.290 e. The van der Waals surface area contributed by atoms with Crippen molar-refractivity contribution in [2.45, 2.75) is 38.0 Å². The average Bonchev–Trinajstić information content (AvgIpc) is 3.41. The number of carbonyl (C=O) groups is 3. The number of amides is 2. The number of aromatic nitrogens is 2. The van der Waals surface area contributed by atoms with Crippen LogP contribution in [0, 0.1) is 5.92 Å². The van der Waals surface area contributed by atoms with E-state index >= 15 is 0 Å². The van der Waals surface area contributed by atoms with Gasteiger partial charge in [0.2, 0.25) is 5.91 Å². The fourth-order valence-electron chi connectivity index (χ4n) is 3.59. The number of aliphatic hydroxyl groups is 1. The molecule has 1 aliphatic carbocycles. The second-order valence-electron chi connectivity index (χ2n) is 6.79. The van der Waals surface area contributed by atoms with E-state index in [-0.39, 0.29) is 29.9 Å². The predicted molar refractivity (Wildman–Crippen MR) is 101 cm³/mol. The van der Waals surface area contributed by atoms with Gasteiger partial charge in [0.15, 0.2) is 5.13 Å². The summed E-state index contributed by atoms with van der Waals surface area (Å²) in [7, 11) is 0. The lowest BCUT2D eigenvalue weighted by molar-refractivity contribution is -0.136. The standard InChI is InChI=1S/C16H19N5O4S.CH2O2/c17-16-19-12(7-26-16)14(23)18-11-3-8(4-13(11)22)15(24)21-2-1-10-9(5-21)6-25-20-10;2-1-3/h6-8,11,13,22H,1-5H2,(H2,17,19)(H,18,23);1H,(H,2,3)/t8-,11+,13+;/m0./s1. The number of nitrogens with two attached hydrogens (primary N) is 1. The van der Waals surface area contributed by atoms with Crippen LogP contribution in [0.15, 0.2) is 16.2 Å². The number of hydrogen-bond donors (Lipinski definition) is 4. The molecule has 1 aliphatic heterocycles. The van der Waals surface area contributed by atoms with Crippen LogP contribution in [-0.2, 0) is 22.6 Å². The van der Waals surface area contributed by atoms with Crippen molar-refractivity contribution in [1.29, 1.82) is 0 Å². The van der Waals surface area contributed by atoms with Crippen molar-refractivity contribution in [1.82, 2.24) is 20.4 Å². The number of thiazole rings is 1. The number of carboxylic acid groups (broad SMARTS) is 1. The molecule has 4 rings (SSSR count). The Morgan fingerprint density at radius 2 is 2.17 bits per heavy atom. The Morgan fingerprint density at radius 3 is 2.86 bits per heavy atom. The van der Waals surface area contributed by atoms with Crippen LogP contribution in [0.5, 0.6) is 0 Å². The SMILES string of the molecule is Nc1nc(C(=O)N[C@@H]2C[C@H](C(=O)N3CCc4nocc4C3)C[C@H]2O)cs1.O=CO. The van der Waals surface area contributed by atoms with Crippen molar-refractivity contribution < 1.29 is 29.1 Å². The Labute approximate surface area is 169 Å². The molecule has 0 spiro atoms. The van der Waals surface area contributed by atoms with Gasteiger partial charge in [0.1, 0.15) is 12.0 Å². The maximum atomic E-state index is 12.8. The molecule has 29 heavy (non-hydrogen) atoms. The number of anilines is 1. The smallest absolute Gasteiger partial charge is 0.290 e. The summed E-state index contributed by atoms with van der Waals surface area (Å²) < 4.78 is 4.95. The molecule has 0 radical (unpaired) electrons. The Kier molecular flexibility index (Phi) is 6.44. The van der Waals surface area contributed by atoms with Crippen molar-refractivity contribution >= 4 is 34.8 Å². The molecule has 2 aliphatic rings. The second-order valence-corrected chi connectivity index (χ2v) is 7.68. The summed E-state index contributed by atoms with van der Waals surface area (Å²) in [5, 5.41) is 25.7. The molecule has 1 saturated carbocycles. The minimum atomic E-state index is -0.764. The highest BCUT2D eigenvalue weighted by atomic mass is 32.1. The van der Waals surface area contributed by atoms with Crippen molar-refractivity contribution in [2.24, 2.45) is 5.92 Å². The number of hydrogen-bond acceptors (Lipinski definition) is 9. The number of rotatable bonds is 3. The van der Waals surface area contributed by atoms with E-state index in [1.165, 1.54) is 11.3 Å². The van der Waals surface area contributed by atoms with Crippen molar-refractivity contribution in [2.75, 3.05) is 12.3 Å². The summed E-state index contributed by atoms with van der Waals surface area (Å²) in [6, 6.07) is -0.477. The normalized spacial score (nSPS) is 22.9. The van der Waals surface area contributed by atoms with Gasteiger partial charge in [-0.15, -0.1) is 11.3 Å². The van der Waals surface area contributed by atoms with E-state index in [9.17, 15) is 14.7 Å². The number of aliphatic hydroxyl groups excluding tert-OH is 1. The minimum Gasteiger partial charge on any atom is -0.483 e. The molecule has 2 aromatic rings. The Morgan fingerprint density at radius 1 is 1.41 bits per heavy atom. The fraction of sp³-hybridized carbons (Fsp3) is 0.471. The van der Waals surface area contributed by atoms with E-state index in [0.717, 1.165) is 11.3 Å². The van der Waals surface area contributed by atoms with E-state index in [0.29, 0.717) is 37.5 Å². The molecule has 3 heterocycles. The maximum absolute atomic E-state index is 12.8. The number of carbonyl (C=O) groups excluding carboxylic acids is 2. The number of nitrogens with zero attached hydrogens (tertiary/aromatic N) is 3. The van der Waals surface area contributed by atoms with Gasteiger partial charge in [0.25, 0.3) is 12.4 Å². The van der Waals surface area contributed by atoms with Crippen molar-refractivity contribution in [3.63, 3.8) is 0 Å². The molecular weight excluding hydrogens is 402 g/mol. The van der Waals surface area contributed by atoms with E-state index < -0.39 is 12.1 Å². The zero-order chi connectivity index (χ0) is 21.0. The molecule has 3 atom stereocenters. The highest BCUT2D eigenvalue weighted by Gasteiger charge is 2.40. The van der Waals surface area contributed by atoms with E-state index in [1.807, 2.05) is 0 Å². The quantitative estimate of drug-likeness (QED) is 0.491. The highest BCUT2D eigenvalue weighted by Crippen LogP contribution is 2.30. The first kappa shape index (κ1) is 20.7. The summed E-state index contributed by atoms with van der Waals surface area (Å²) in [6.07, 6.45) is 2.20. The molecule has 2 amide bonds. The second kappa shape index (κ2) is 9.01. The first-order valence-electron chi connectivity index (χ1n) is 8.91. The van der Waals surface area contributed by atoms with Crippen molar-refractivity contribution in [3.05, 3.63) is 28.6 Å². The molecule has 12 heteroatoms. The molecule has 1 fully saturated rings.